The molecule has 0 radical (unpaired) electrons. The van der Waals surface area contributed by atoms with Crippen LogP contribution in [-0.2, 0) is 33.1 Å². The number of ether oxygens (including phenoxy) is 1. The molecule has 0 saturated carbocycles. The second-order valence-corrected chi connectivity index (χ2v) is 8.15. The summed E-state index contributed by atoms with van der Waals surface area (Å²) in [5.74, 6) is -1.80. The highest BCUT2D eigenvalue weighted by atomic mass is 32.2. The number of hydrogen-bond acceptors (Lipinski definition) is 7. The number of imide groups is 1. The van der Waals surface area contributed by atoms with Gasteiger partial charge in [-0.3, -0.25) is 14.9 Å². The first-order valence-electron chi connectivity index (χ1n) is 9.01. The van der Waals surface area contributed by atoms with Gasteiger partial charge in [-0.05, 0) is 48.5 Å². The van der Waals surface area contributed by atoms with Crippen LogP contribution in [0.4, 0.5) is 0 Å². The number of amides is 2. The van der Waals surface area contributed by atoms with E-state index < -0.39 is 34.4 Å². The highest BCUT2D eigenvalue weighted by Gasteiger charge is 2.18. The van der Waals surface area contributed by atoms with E-state index in [1.807, 2.05) is 0 Å². The third-order valence-electron chi connectivity index (χ3n) is 4.18. The molecule has 0 fully saturated rings. The van der Waals surface area contributed by atoms with Crippen molar-refractivity contribution in [3.63, 3.8) is 0 Å². The Morgan fingerprint density at radius 3 is 2.42 bits per heavy atom. The molecule has 2 heterocycles. The molecule has 0 saturated heterocycles. The number of hydrogen-bond donors (Lipinski definition) is 2. The molecular weight excluding hydrogens is 426 g/mol. The maximum Gasteiger partial charge on any atom is 0.338 e. The minimum Gasteiger partial charge on any atom is -0.468 e. The minimum atomic E-state index is -3.81. The molecule has 10 nitrogen and oxygen atoms in total. The van der Waals surface area contributed by atoms with Gasteiger partial charge in [0.05, 0.1) is 23.3 Å². The van der Waals surface area contributed by atoms with Crippen LogP contribution in [0.15, 0.2) is 70.3 Å². The van der Waals surface area contributed by atoms with Gasteiger partial charge in [-0.15, -0.1) is 0 Å². The van der Waals surface area contributed by atoms with Gasteiger partial charge in [-0.25, -0.2) is 17.9 Å². The van der Waals surface area contributed by atoms with E-state index in [1.54, 1.807) is 31.4 Å². The van der Waals surface area contributed by atoms with Crippen molar-refractivity contribution in [3.05, 3.63) is 78.0 Å². The topological polar surface area (TPSA) is 137 Å². The van der Waals surface area contributed by atoms with E-state index in [2.05, 4.69) is 10.0 Å². The molecule has 3 rings (SSSR count). The first-order chi connectivity index (χ1) is 14.8. The zero-order chi connectivity index (χ0) is 22.4. The van der Waals surface area contributed by atoms with Gasteiger partial charge in [-0.1, -0.05) is 0 Å². The molecule has 0 aliphatic carbocycles. The molecule has 3 aromatic rings. The number of furan rings is 1. The molecule has 0 atom stereocenters. The number of rotatable bonds is 8. The Bertz CT molecular complexity index is 1180. The van der Waals surface area contributed by atoms with Crippen LogP contribution in [0, 0.1) is 0 Å². The van der Waals surface area contributed by atoms with Crippen molar-refractivity contribution in [1.82, 2.24) is 14.6 Å². The van der Waals surface area contributed by atoms with E-state index in [-0.39, 0.29) is 22.7 Å². The first-order valence-corrected chi connectivity index (χ1v) is 10.5. The average molecular weight is 445 g/mol. The summed E-state index contributed by atoms with van der Waals surface area (Å²) in [7, 11) is -2.16. The zero-order valence-electron chi connectivity index (χ0n) is 16.4. The van der Waals surface area contributed by atoms with Crippen LogP contribution in [0.5, 0.6) is 0 Å². The van der Waals surface area contributed by atoms with Crippen LogP contribution in [0.2, 0.25) is 0 Å². The van der Waals surface area contributed by atoms with Crippen molar-refractivity contribution in [1.29, 1.82) is 0 Å². The van der Waals surface area contributed by atoms with Crippen LogP contribution >= 0.6 is 0 Å². The van der Waals surface area contributed by atoms with E-state index in [4.69, 9.17) is 9.15 Å². The number of carbonyl (C=O) groups is 3. The smallest absolute Gasteiger partial charge is 0.338 e. The van der Waals surface area contributed by atoms with Crippen molar-refractivity contribution in [2.24, 2.45) is 7.05 Å². The monoisotopic (exact) mass is 445 g/mol. The molecule has 2 aromatic heterocycles. The predicted octanol–water partition coefficient (Wildman–Crippen LogP) is 1.21. The molecule has 1 aromatic carbocycles. The molecule has 31 heavy (non-hydrogen) atoms. The van der Waals surface area contributed by atoms with Gasteiger partial charge in [0, 0.05) is 13.2 Å². The van der Waals surface area contributed by atoms with Crippen molar-refractivity contribution < 1.29 is 32.0 Å². The fourth-order valence-corrected chi connectivity index (χ4v) is 3.56. The van der Waals surface area contributed by atoms with Crippen molar-refractivity contribution >= 4 is 27.8 Å². The zero-order valence-corrected chi connectivity index (χ0v) is 17.2. The highest BCUT2D eigenvalue weighted by Crippen LogP contribution is 2.12. The molecule has 2 amide bonds. The van der Waals surface area contributed by atoms with Gasteiger partial charge in [0.25, 0.3) is 11.8 Å². The Morgan fingerprint density at radius 1 is 1.06 bits per heavy atom. The number of aromatic nitrogens is 1. The maximum absolute atomic E-state index is 12.3. The third-order valence-corrected chi connectivity index (χ3v) is 5.60. The number of carbonyl (C=O) groups excluding carboxylic acids is 3. The Balaban J connectivity index is 1.52. The van der Waals surface area contributed by atoms with E-state index in [0.29, 0.717) is 5.76 Å². The Hall–Kier alpha value is -3.70. The standard InChI is InChI=1S/C20H19N3O7S/c1-23-10-2-5-17(23)19(25)22-18(24)13-30-20(26)14-6-8-16(9-7-14)31(27,28)21-12-15-4-3-11-29-15/h2-11,21H,12-13H2,1H3,(H,22,24,25). The van der Waals surface area contributed by atoms with Crippen molar-refractivity contribution in [3.8, 4) is 0 Å². The Morgan fingerprint density at radius 2 is 1.81 bits per heavy atom. The summed E-state index contributed by atoms with van der Waals surface area (Å²) in [6.07, 6.45) is 3.08. The summed E-state index contributed by atoms with van der Waals surface area (Å²) in [6.45, 7) is -0.685. The summed E-state index contributed by atoms with van der Waals surface area (Å²) in [6, 6.07) is 11.4. The summed E-state index contributed by atoms with van der Waals surface area (Å²) in [5, 5.41) is 2.11. The van der Waals surface area contributed by atoms with Crippen LogP contribution in [-0.4, -0.2) is 37.4 Å². The second kappa shape index (κ2) is 9.41. The van der Waals surface area contributed by atoms with Gasteiger partial charge in [0.1, 0.15) is 11.5 Å². The minimum absolute atomic E-state index is 0.0181. The molecule has 11 heteroatoms. The molecule has 0 bridgehead atoms. The normalized spacial score (nSPS) is 11.1. The lowest BCUT2D eigenvalue weighted by atomic mass is 10.2. The average Bonchev–Trinajstić information content (AvgIpc) is 3.42. The van der Waals surface area contributed by atoms with Gasteiger partial charge >= 0.3 is 5.97 Å². The van der Waals surface area contributed by atoms with Crippen molar-refractivity contribution in [2.75, 3.05) is 6.61 Å². The number of sulfonamides is 1. The molecule has 2 N–H and O–H groups in total. The molecule has 0 aliphatic heterocycles. The van der Waals surface area contributed by atoms with Crippen LogP contribution in [0.25, 0.3) is 0 Å². The van der Waals surface area contributed by atoms with E-state index in [9.17, 15) is 22.8 Å². The first kappa shape index (κ1) is 22.0. The summed E-state index contributed by atoms with van der Waals surface area (Å²) < 4.78 is 38.4. The van der Waals surface area contributed by atoms with Crippen molar-refractivity contribution in [2.45, 2.75) is 11.4 Å². The van der Waals surface area contributed by atoms with E-state index in [0.717, 1.165) is 0 Å². The lowest BCUT2D eigenvalue weighted by Gasteiger charge is -2.08. The lowest BCUT2D eigenvalue weighted by Crippen LogP contribution is -2.35. The SMILES string of the molecule is Cn1cccc1C(=O)NC(=O)COC(=O)c1ccc(S(=O)(=O)NCc2ccco2)cc1. The van der Waals surface area contributed by atoms with E-state index in [1.165, 1.54) is 41.2 Å². The Labute approximate surface area is 177 Å². The van der Waals surface area contributed by atoms with Crippen LogP contribution < -0.4 is 10.0 Å². The largest absolute Gasteiger partial charge is 0.468 e. The molecule has 0 aliphatic rings. The van der Waals surface area contributed by atoms with Gasteiger partial charge < -0.3 is 13.7 Å². The van der Waals surface area contributed by atoms with Gasteiger partial charge in [-0.2, -0.15) is 0 Å². The number of aryl methyl sites for hydroxylation is 1. The predicted molar refractivity (Wildman–Crippen MR) is 107 cm³/mol. The summed E-state index contributed by atoms with van der Waals surface area (Å²) >= 11 is 0. The summed E-state index contributed by atoms with van der Waals surface area (Å²) in [4.78, 5) is 35.8. The number of nitrogens with zero attached hydrogens (tertiary/aromatic N) is 1. The number of esters is 1. The molecule has 0 unspecified atom stereocenters. The number of nitrogens with one attached hydrogen (secondary N) is 2. The van der Waals surface area contributed by atoms with Gasteiger partial charge in [0.2, 0.25) is 10.0 Å². The second-order valence-electron chi connectivity index (χ2n) is 6.39. The van der Waals surface area contributed by atoms with Crippen LogP contribution in [0.3, 0.4) is 0 Å². The van der Waals surface area contributed by atoms with Crippen LogP contribution in [0.1, 0.15) is 26.6 Å². The molecule has 162 valence electrons. The molecular formula is C20H19N3O7S. The Kier molecular flexibility index (Phi) is 6.68. The van der Waals surface area contributed by atoms with Gasteiger partial charge in [0.15, 0.2) is 6.61 Å². The third kappa shape index (κ3) is 5.68. The maximum atomic E-state index is 12.3. The fourth-order valence-electron chi connectivity index (χ4n) is 2.57. The van der Waals surface area contributed by atoms with E-state index >= 15 is 0 Å². The highest BCUT2D eigenvalue weighted by molar-refractivity contribution is 7.89. The quantitative estimate of drug-likeness (QED) is 0.497. The lowest BCUT2D eigenvalue weighted by molar-refractivity contribution is -0.123. The number of benzene rings is 1. The molecule has 0 spiro atoms. The summed E-state index contributed by atoms with van der Waals surface area (Å²) in [5.41, 5.74) is 0.323. The fraction of sp³-hybridized carbons (Fsp3) is 0.150.